The van der Waals surface area contributed by atoms with Gasteiger partial charge in [-0.25, -0.2) is 9.18 Å². The molecule has 1 fully saturated rings. The molecule has 2 heterocycles. The van der Waals surface area contributed by atoms with Crippen molar-refractivity contribution in [3.63, 3.8) is 0 Å². The van der Waals surface area contributed by atoms with Crippen LogP contribution < -0.4 is 10.6 Å². The van der Waals surface area contributed by atoms with Crippen molar-refractivity contribution in [1.82, 2.24) is 10.2 Å². The van der Waals surface area contributed by atoms with Crippen molar-refractivity contribution >= 4 is 23.6 Å². The molecule has 1 aliphatic rings. The molecule has 0 saturated carbocycles. The third kappa shape index (κ3) is 5.91. The topological polar surface area (TPSA) is 101 Å². The molecule has 36 heavy (non-hydrogen) atoms. The Labute approximate surface area is 208 Å². The number of carbonyl (C=O) groups is 3. The fourth-order valence-electron chi connectivity index (χ4n) is 3.99. The maximum atomic E-state index is 13.7. The van der Waals surface area contributed by atoms with E-state index in [1.165, 1.54) is 23.3 Å². The monoisotopic (exact) mass is 493 g/mol. The second kappa shape index (κ2) is 11.1. The lowest BCUT2D eigenvalue weighted by Gasteiger charge is -2.24. The van der Waals surface area contributed by atoms with Crippen LogP contribution in [-0.4, -0.2) is 35.4 Å². The number of benzene rings is 2. The van der Waals surface area contributed by atoms with E-state index in [4.69, 9.17) is 9.15 Å². The van der Waals surface area contributed by atoms with E-state index < -0.39 is 30.0 Å². The zero-order valence-electron chi connectivity index (χ0n) is 20.1. The number of rotatable bonds is 9. The fourth-order valence-corrected chi connectivity index (χ4v) is 3.99. The predicted octanol–water partition coefficient (Wildman–Crippen LogP) is 4.90. The van der Waals surface area contributed by atoms with Gasteiger partial charge in [0.2, 0.25) is 5.91 Å². The van der Waals surface area contributed by atoms with Crippen LogP contribution in [0.2, 0.25) is 0 Å². The minimum atomic E-state index is -0.948. The molecule has 188 valence electrons. The van der Waals surface area contributed by atoms with Gasteiger partial charge in [0.25, 0.3) is 5.91 Å². The van der Waals surface area contributed by atoms with Gasteiger partial charge >= 0.3 is 6.09 Å². The molecule has 4 rings (SSSR count). The number of halogens is 1. The van der Waals surface area contributed by atoms with E-state index in [-0.39, 0.29) is 18.2 Å². The van der Waals surface area contributed by atoms with E-state index in [1.54, 1.807) is 48.5 Å². The maximum absolute atomic E-state index is 13.7. The fraction of sp³-hybridized carbons (Fsp3) is 0.296. The molecule has 2 unspecified atom stereocenters. The average molecular weight is 494 g/mol. The van der Waals surface area contributed by atoms with Gasteiger partial charge in [0.1, 0.15) is 5.82 Å². The zero-order chi connectivity index (χ0) is 25.7. The van der Waals surface area contributed by atoms with Gasteiger partial charge in [-0.05, 0) is 59.9 Å². The number of hydrogen-bond acceptors (Lipinski definition) is 5. The number of carbonyl (C=O) groups excluding carboxylic acids is 3. The molecule has 1 aromatic heterocycles. The summed E-state index contributed by atoms with van der Waals surface area (Å²) in [5.74, 6) is -0.603. The van der Waals surface area contributed by atoms with Crippen molar-refractivity contribution in [3.8, 4) is 0 Å². The first kappa shape index (κ1) is 25.0. The Balaban J connectivity index is 1.54. The van der Waals surface area contributed by atoms with Gasteiger partial charge in [-0.1, -0.05) is 38.1 Å². The summed E-state index contributed by atoms with van der Waals surface area (Å²) in [6.45, 7) is 4.59. The lowest BCUT2D eigenvalue weighted by atomic mass is 10.00. The number of ether oxygens (including phenoxy) is 1. The van der Waals surface area contributed by atoms with Crippen LogP contribution in [0.3, 0.4) is 0 Å². The number of anilines is 1. The molecule has 0 aliphatic carbocycles. The normalized spacial score (nSPS) is 17.2. The highest BCUT2D eigenvalue weighted by atomic mass is 19.1. The summed E-state index contributed by atoms with van der Waals surface area (Å²) in [5, 5.41) is 5.63. The summed E-state index contributed by atoms with van der Waals surface area (Å²) in [6.07, 6.45) is 0.656. The van der Waals surface area contributed by atoms with Crippen molar-refractivity contribution in [1.29, 1.82) is 0 Å². The Hall–Kier alpha value is -4.14. The Morgan fingerprint density at radius 3 is 2.53 bits per heavy atom. The highest BCUT2D eigenvalue weighted by Crippen LogP contribution is 2.34. The summed E-state index contributed by atoms with van der Waals surface area (Å²) in [5.41, 5.74) is 1.65. The lowest BCUT2D eigenvalue weighted by molar-refractivity contribution is -0.126. The number of furan rings is 1. The summed E-state index contributed by atoms with van der Waals surface area (Å²) in [4.78, 5) is 39.6. The van der Waals surface area contributed by atoms with E-state index in [1.807, 2.05) is 0 Å². The molecule has 2 atom stereocenters. The molecular weight excluding hydrogens is 465 g/mol. The van der Waals surface area contributed by atoms with E-state index in [9.17, 15) is 18.8 Å². The summed E-state index contributed by atoms with van der Waals surface area (Å²) >= 11 is 0. The van der Waals surface area contributed by atoms with Crippen LogP contribution in [0, 0.1) is 11.7 Å². The molecule has 9 heteroatoms. The first-order chi connectivity index (χ1) is 17.3. The number of cyclic esters (lactones) is 1. The number of hydrogen-bond donors (Lipinski definition) is 2. The average Bonchev–Trinajstić information content (AvgIpc) is 3.48. The molecule has 0 bridgehead atoms. The third-order valence-corrected chi connectivity index (χ3v) is 5.86. The largest absolute Gasteiger partial charge is 0.459 e. The first-order valence-electron chi connectivity index (χ1n) is 11.8. The van der Waals surface area contributed by atoms with Crippen LogP contribution in [0.1, 0.15) is 48.1 Å². The van der Waals surface area contributed by atoms with E-state index in [0.717, 1.165) is 6.42 Å². The van der Waals surface area contributed by atoms with Crippen LogP contribution in [0.25, 0.3) is 0 Å². The van der Waals surface area contributed by atoms with Gasteiger partial charge in [0.15, 0.2) is 17.9 Å². The Morgan fingerprint density at radius 2 is 1.86 bits per heavy atom. The second-order valence-electron chi connectivity index (χ2n) is 9.03. The Morgan fingerprint density at radius 1 is 1.08 bits per heavy atom. The van der Waals surface area contributed by atoms with Crippen molar-refractivity contribution in [2.45, 2.75) is 39.0 Å². The minimum Gasteiger partial charge on any atom is -0.459 e. The zero-order valence-corrected chi connectivity index (χ0v) is 20.1. The van der Waals surface area contributed by atoms with Gasteiger partial charge in [-0.3, -0.25) is 14.5 Å². The Bertz CT molecular complexity index is 1210. The molecule has 2 N–H and O–H groups in total. The summed E-state index contributed by atoms with van der Waals surface area (Å²) < 4.78 is 24.5. The molecule has 8 nitrogen and oxygen atoms in total. The quantitative estimate of drug-likeness (QED) is 0.442. The molecule has 2 aromatic carbocycles. The molecule has 0 spiro atoms. The molecule has 3 amide bonds. The SMILES string of the molecule is CC(C)CCNC(=O)C1C(c2ccc(NC(=O)c3ccco3)cc2)OC(=O)N1Cc1cccc(F)c1. The Kier molecular flexibility index (Phi) is 7.68. The van der Waals surface area contributed by atoms with Crippen LogP contribution >= 0.6 is 0 Å². The van der Waals surface area contributed by atoms with Gasteiger partial charge in [-0.2, -0.15) is 0 Å². The number of amides is 3. The number of nitrogens with zero attached hydrogens (tertiary/aromatic N) is 1. The molecule has 1 aliphatic heterocycles. The van der Waals surface area contributed by atoms with Crippen molar-refractivity contribution in [2.75, 3.05) is 11.9 Å². The van der Waals surface area contributed by atoms with Gasteiger partial charge in [0, 0.05) is 12.2 Å². The highest BCUT2D eigenvalue weighted by Gasteiger charge is 2.46. The van der Waals surface area contributed by atoms with E-state index in [0.29, 0.717) is 29.3 Å². The van der Waals surface area contributed by atoms with Gasteiger partial charge in [-0.15, -0.1) is 0 Å². The second-order valence-corrected chi connectivity index (χ2v) is 9.03. The van der Waals surface area contributed by atoms with Crippen molar-refractivity contribution < 1.29 is 27.9 Å². The van der Waals surface area contributed by atoms with Crippen molar-refractivity contribution in [3.05, 3.63) is 89.6 Å². The number of nitrogens with one attached hydrogen (secondary N) is 2. The molecule has 3 aromatic rings. The van der Waals surface area contributed by atoms with Crippen LogP contribution in [0.5, 0.6) is 0 Å². The maximum Gasteiger partial charge on any atom is 0.411 e. The summed E-state index contributed by atoms with van der Waals surface area (Å²) in [7, 11) is 0. The van der Waals surface area contributed by atoms with Crippen molar-refractivity contribution in [2.24, 2.45) is 5.92 Å². The minimum absolute atomic E-state index is 0.0205. The van der Waals surface area contributed by atoms with Crippen LogP contribution in [0.15, 0.2) is 71.3 Å². The third-order valence-electron chi connectivity index (χ3n) is 5.86. The smallest absolute Gasteiger partial charge is 0.411 e. The predicted molar refractivity (Wildman–Crippen MR) is 131 cm³/mol. The highest BCUT2D eigenvalue weighted by molar-refractivity contribution is 6.02. The van der Waals surface area contributed by atoms with E-state index >= 15 is 0 Å². The standard InChI is InChI=1S/C27H28FN3O5/c1-17(2)12-13-29-26(33)23-24(36-27(34)31(23)16-18-5-3-6-20(28)15-18)19-8-10-21(11-9-19)30-25(32)22-7-4-14-35-22/h3-11,14-15,17,23-24H,12-13,16H2,1-2H3,(H,29,33)(H,30,32). The van der Waals surface area contributed by atoms with E-state index in [2.05, 4.69) is 24.5 Å². The van der Waals surface area contributed by atoms with Gasteiger partial charge in [0.05, 0.1) is 12.8 Å². The molecule has 0 radical (unpaired) electrons. The summed E-state index contributed by atoms with van der Waals surface area (Å²) in [6, 6.07) is 14.8. The molecular formula is C27H28FN3O5. The molecule has 1 saturated heterocycles. The van der Waals surface area contributed by atoms with Crippen LogP contribution in [0.4, 0.5) is 14.9 Å². The van der Waals surface area contributed by atoms with Crippen LogP contribution in [-0.2, 0) is 16.1 Å². The first-order valence-corrected chi connectivity index (χ1v) is 11.8. The van der Waals surface area contributed by atoms with Gasteiger partial charge < -0.3 is 19.8 Å². The lowest BCUT2D eigenvalue weighted by Crippen LogP contribution is -2.46.